The summed E-state index contributed by atoms with van der Waals surface area (Å²) >= 11 is 0. The van der Waals surface area contributed by atoms with E-state index < -0.39 is 0 Å². The summed E-state index contributed by atoms with van der Waals surface area (Å²) in [6.45, 7) is 5.91. The molecular formula is C10H21N3. The molecular weight excluding hydrogens is 162 g/mol. The quantitative estimate of drug-likeness (QED) is 0.632. The van der Waals surface area contributed by atoms with Crippen LogP contribution in [0.25, 0.3) is 0 Å². The van der Waals surface area contributed by atoms with Gasteiger partial charge in [-0.05, 0) is 33.4 Å². The maximum atomic E-state index is 3.72. The van der Waals surface area contributed by atoms with Gasteiger partial charge in [-0.3, -0.25) is 0 Å². The van der Waals surface area contributed by atoms with Crippen molar-refractivity contribution in [1.82, 2.24) is 15.5 Å². The molecule has 0 spiro atoms. The number of likely N-dealkylation sites (tertiary alicyclic amines) is 1. The van der Waals surface area contributed by atoms with Gasteiger partial charge in [0.1, 0.15) is 0 Å². The first-order chi connectivity index (χ1) is 6.25. The van der Waals surface area contributed by atoms with Crippen molar-refractivity contribution >= 4 is 0 Å². The molecule has 0 saturated carbocycles. The molecule has 2 aliphatic rings. The Balaban J connectivity index is 1.74. The Morgan fingerprint density at radius 2 is 2.08 bits per heavy atom. The third-order valence-electron chi connectivity index (χ3n) is 3.46. The van der Waals surface area contributed by atoms with Crippen molar-refractivity contribution in [2.45, 2.75) is 37.9 Å². The minimum Gasteiger partial charge on any atom is -0.314 e. The van der Waals surface area contributed by atoms with Crippen molar-refractivity contribution in [2.24, 2.45) is 0 Å². The van der Waals surface area contributed by atoms with Gasteiger partial charge in [-0.15, -0.1) is 0 Å². The van der Waals surface area contributed by atoms with E-state index in [0.717, 1.165) is 18.1 Å². The molecule has 13 heavy (non-hydrogen) atoms. The van der Waals surface area contributed by atoms with Crippen LogP contribution in [0.4, 0.5) is 0 Å². The summed E-state index contributed by atoms with van der Waals surface area (Å²) in [5, 5.41) is 7.01. The highest BCUT2D eigenvalue weighted by Gasteiger charge is 2.26. The molecule has 0 amide bonds. The van der Waals surface area contributed by atoms with Crippen LogP contribution < -0.4 is 10.6 Å². The summed E-state index contributed by atoms with van der Waals surface area (Å²) in [5.74, 6) is 0. The van der Waals surface area contributed by atoms with Crippen molar-refractivity contribution in [1.29, 1.82) is 0 Å². The second-order valence-corrected chi connectivity index (χ2v) is 4.57. The Morgan fingerprint density at radius 3 is 2.62 bits per heavy atom. The Labute approximate surface area is 80.9 Å². The second-order valence-electron chi connectivity index (χ2n) is 4.57. The first-order valence-electron chi connectivity index (χ1n) is 5.42. The fourth-order valence-corrected chi connectivity index (χ4v) is 2.18. The number of nitrogens with one attached hydrogen (secondary N) is 2. The molecule has 0 aromatic rings. The maximum absolute atomic E-state index is 3.72. The lowest BCUT2D eigenvalue weighted by atomic mass is 9.97. The van der Waals surface area contributed by atoms with Gasteiger partial charge in [-0.2, -0.15) is 0 Å². The SMILES string of the molecule is CC1CC(NC2CNC2)CCN1C. The first kappa shape index (κ1) is 9.44. The molecule has 0 aliphatic carbocycles. The van der Waals surface area contributed by atoms with E-state index in [9.17, 15) is 0 Å². The Morgan fingerprint density at radius 1 is 1.31 bits per heavy atom. The summed E-state index contributed by atoms with van der Waals surface area (Å²) in [6, 6.07) is 2.26. The predicted molar refractivity (Wildman–Crippen MR) is 54.9 cm³/mol. The zero-order chi connectivity index (χ0) is 9.26. The maximum Gasteiger partial charge on any atom is 0.0319 e. The Hall–Kier alpha value is -0.120. The highest BCUT2D eigenvalue weighted by atomic mass is 15.2. The molecule has 3 nitrogen and oxygen atoms in total. The van der Waals surface area contributed by atoms with Gasteiger partial charge in [0.2, 0.25) is 0 Å². The number of piperidine rings is 1. The molecule has 0 radical (unpaired) electrons. The van der Waals surface area contributed by atoms with Gasteiger partial charge in [-0.25, -0.2) is 0 Å². The van der Waals surface area contributed by atoms with Gasteiger partial charge in [0, 0.05) is 31.2 Å². The van der Waals surface area contributed by atoms with E-state index in [1.807, 2.05) is 0 Å². The lowest BCUT2D eigenvalue weighted by Crippen LogP contribution is -2.60. The summed E-state index contributed by atoms with van der Waals surface area (Å²) in [4.78, 5) is 2.46. The average molecular weight is 183 g/mol. The van der Waals surface area contributed by atoms with Crippen LogP contribution in [0.1, 0.15) is 19.8 Å². The van der Waals surface area contributed by atoms with Gasteiger partial charge >= 0.3 is 0 Å². The van der Waals surface area contributed by atoms with Crippen molar-refractivity contribution in [2.75, 3.05) is 26.7 Å². The van der Waals surface area contributed by atoms with Crippen molar-refractivity contribution in [3.05, 3.63) is 0 Å². The van der Waals surface area contributed by atoms with Gasteiger partial charge in [0.25, 0.3) is 0 Å². The molecule has 0 aromatic heterocycles. The highest BCUT2D eigenvalue weighted by Crippen LogP contribution is 2.16. The summed E-state index contributed by atoms with van der Waals surface area (Å²) in [7, 11) is 2.23. The molecule has 3 heteroatoms. The third-order valence-corrected chi connectivity index (χ3v) is 3.46. The lowest BCUT2D eigenvalue weighted by Gasteiger charge is -2.39. The number of nitrogens with zero attached hydrogens (tertiary/aromatic N) is 1. The third kappa shape index (κ3) is 2.22. The van der Waals surface area contributed by atoms with E-state index in [4.69, 9.17) is 0 Å². The van der Waals surface area contributed by atoms with Gasteiger partial charge in [0.15, 0.2) is 0 Å². The number of hydrogen-bond acceptors (Lipinski definition) is 3. The molecule has 2 heterocycles. The Bertz CT molecular complexity index is 166. The van der Waals surface area contributed by atoms with Crippen LogP contribution in [0.5, 0.6) is 0 Å². The molecule has 2 saturated heterocycles. The van der Waals surface area contributed by atoms with Crippen molar-refractivity contribution in [3.63, 3.8) is 0 Å². The normalized spacial score (nSPS) is 37.4. The van der Waals surface area contributed by atoms with E-state index >= 15 is 0 Å². The molecule has 76 valence electrons. The van der Waals surface area contributed by atoms with Crippen LogP contribution in [0.15, 0.2) is 0 Å². The Kier molecular flexibility index (Phi) is 2.86. The largest absolute Gasteiger partial charge is 0.314 e. The molecule has 0 bridgehead atoms. The van der Waals surface area contributed by atoms with Crippen LogP contribution >= 0.6 is 0 Å². The monoisotopic (exact) mass is 183 g/mol. The lowest BCUT2D eigenvalue weighted by molar-refractivity contribution is 0.155. The summed E-state index contributed by atoms with van der Waals surface area (Å²) in [6.07, 6.45) is 2.63. The number of rotatable bonds is 2. The van der Waals surface area contributed by atoms with Crippen LogP contribution in [0.3, 0.4) is 0 Å². The van der Waals surface area contributed by atoms with Gasteiger partial charge < -0.3 is 15.5 Å². The summed E-state index contributed by atoms with van der Waals surface area (Å²) in [5.41, 5.74) is 0. The average Bonchev–Trinajstić information content (AvgIpc) is 2.04. The van der Waals surface area contributed by atoms with Gasteiger partial charge in [0.05, 0.1) is 0 Å². The standard InChI is InChI=1S/C10H21N3/c1-8-5-9(3-4-13(8)2)12-10-6-11-7-10/h8-12H,3-7H2,1-2H3. The molecule has 2 aliphatic heterocycles. The van der Waals surface area contributed by atoms with Crippen molar-refractivity contribution in [3.8, 4) is 0 Å². The van der Waals surface area contributed by atoms with Crippen LogP contribution in [-0.4, -0.2) is 49.7 Å². The smallest absolute Gasteiger partial charge is 0.0319 e. The molecule has 2 N–H and O–H groups in total. The predicted octanol–water partition coefficient (Wildman–Crippen LogP) is 0.0305. The number of hydrogen-bond donors (Lipinski definition) is 2. The van der Waals surface area contributed by atoms with Gasteiger partial charge in [-0.1, -0.05) is 0 Å². The first-order valence-corrected chi connectivity index (χ1v) is 5.42. The van der Waals surface area contributed by atoms with Crippen LogP contribution in [0, 0.1) is 0 Å². The summed E-state index contributed by atoms with van der Waals surface area (Å²) < 4.78 is 0. The fraction of sp³-hybridized carbons (Fsp3) is 1.00. The van der Waals surface area contributed by atoms with E-state index in [-0.39, 0.29) is 0 Å². The highest BCUT2D eigenvalue weighted by molar-refractivity contribution is 4.88. The fourth-order valence-electron chi connectivity index (χ4n) is 2.18. The van der Waals surface area contributed by atoms with E-state index in [1.165, 1.54) is 32.5 Å². The van der Waals surface area contributed by atoms with Crippen molar-refractivity contribution < 1.29 is 0 Å². The zero-order valence-corrected chi connectivity index (χ0v) is 8.71. The second kappa shape index (κ2) is 3.95. The van der Waals surface area contributed by atoms with Crippen LogP contribution in [-0.2, 0) is 0 Å². The molecule has 2 atom stereocenters. The molecule has 2 fully saturated rings. The minimum absolute atomic E-state index is 0.749. The van der Waals surface area contributed by atoms with Crippen LogP contribution in [0.2, 0.25) is 0 Å². The van der Waals surface area contributed by atoms with E-state index in [1.54, 1.807) is 0 Å². The van der Waals surface area contributed by atoms with E-state index in [0.29, 0.717) is 0 Å². The topological polar surface area (TPSA) is 27.3 Å². The zero-order valence-electron chi connectivity index (χ0n) is 8.71. The van der Waals surface area contributed by atoms with E-state index in [2.05, 4.69) is 29.5 Å². The molecule has 0 aromatic carbocycles. The molecule has 2 rings (SSSR count). The molecule has 2 unspecified atom stereocenters. The minimum atomic E-state index is 0.749.